The van der Waals surface area contributed by atoms with Crippen molar-refractivity contribution < 1.29 is 4.74 Å². The lowest BCUT2D eigenvalue weighted by Gasteiger charge is -2.14. The number of halogens is 1. The molecule has 20 heavy (non-hydrogen) atoms. The molecule has 0 fully saturated rings. The number of hydrogen-bond acceptors (Lipinski definition) is 3. The molecular weight excluding hydrogens is 334 g/mol. The molecule has 2 nitrogen and oxygen atoms in total. The fourth-order valence-electron chi connectivity index (χ4n) is 2.21. The van der Waals surface area contributed by atoms with Crippen LogP contribution in [0.2, 0.25) is 0 Å². The predicted octanol–water partition coefficient (Wildman–Crippen LogP) is 4.82. The van der Waals surface area contributed by atoms with Crippen LogP contribution in [0.15, 0.2) is 28.1 Å². The molecule has 2 rings (SSSR count). The fraction of sp³-hybridized carbons (Fsp3) is 0.375. The first kappa shape index (κ1) is 15.5. The Morgan fingerprint density at radius 2 is 1.90 bits per heavy atom. The highest BCUT2D eigenvalue weighted by Gasteiger charge is 2.07. The Morgan fingerprint density at radius 3 is 2.45 bits per heavy atom. The zero-order valence-corrected chi connectivity index (χ0v) is 14.5. The minimum Gasteiger partial charge on any atom is -0.488 e. The molecule has 1 heterocycles. The first-order valence-corrected chi connectivity index (χ1v) is 8.44. The first-order chi connectivity index (χ1) is 9.60. The molecule has 0 spiro atoms. The number of thiophene rings is 1. The zero-order chi connectivity index (χ0) is 14.5. The van der Waals surface area contributed by atoms with Crippen LogP contribution >= 0.6 is 27.3 Å². The lowest BCUT2D eigenvalue weighted by atomic mass is 10.1. The monoisotopic (exact) mass is 353 g/mol. The van der Waals surface area contributed by atoms with Gasteiger partial charge in [-0.25, -0.2) is 0 Å². The third-order valence-electron chi connectivity index (χ3n) is 3.08. The maximum absolute atomic E-state index is 6.00. The van der Waals surface area contributed by atoms with E-state index in [-0.39, 0.29) is 0 Å². The van der Waals surface area contributed by atoms with Crippen LogP contribution in [-0.4, -0.2) is 6.54 Å². The summed E-state index contributed by atoms with van der Waals surface area (Å²) in [7, 11) is 0. The van der Waals surface area contributed by atoms with E-state index in [1.165, 1.54) is 21.6 Å². The second kappa shape index (κ2) is 7.25. The van der Waals surface area contributed by atoms with E-state index in [1.807, 2.05) is 0 Å². The van der Waals surface area contributed by atoms with Crippen molar-refractivity contribution in [3.8, 4) is 5.75 Å². The smallest absolute Gasteiger partial charge is 0.125 e. The van der Waals surface area contributed by atoms with Crippen molar-refractivity contribution in [3.05, 3.63) is 49.6 Å². The van der Waals surface area contributed by atoms with Crippen molar-refractivity contribution >= 4 is 27.3 Å². The van der Waals surface area contributed by atoms with Crippen molar-refractivity contribution in [3.63, 3.8) is 0 Å². The van der Waals surface area contributed by atoms with E-state index in [9.17, 15) is 0 Å². The maximum Gasteiger partial charge on any atom is 0.125 e. The number of hydrogen-bond donors (Lipinski definition) is 1. The Kier molecular flexibility index (Phi) is 5.64. The van der Waals surface area contributed by atoms with Crippen LogP contribution in [0.25, 0.3) is 0 Å². The minimum atomic E-state index is 0.629. The average molecular weight is 354 g/mol. The number of rotatable bonds is 6. The average Bonchev–Trinajstić information content (AvgIpc) is 2.81. The van der Waals surface area contributed by atoms with Crippen molar-refractivity contribution in [2.75, 3.05) is 6.54 Å². The number of benzene rings is 1. The number of aryl methyl sites for hydroxylation is 2. The molecule has 1 aromatic heterocycles. The van der Waals surface area contributed by atoms with Gasteiger partial charge in [-0.15, -0.1) is 11.3 Å². The maximum atomic E-state index is 6.00. The minimum absolute atomic E-state index is 0.629. The molecule has 0 bridgehead atoms. The van der Waals surface area contributed by atoms with Crippen molar-refractivity contribution in [2.45, 2.75) is 33.9 Å². The third-order valence-corrected chi connectivity index (χ3v) is 4.75. The van der Waals surface area contributed by atoms with E-state index in [1.54, 1.807) is 11.3 Å². The molecular formula is C16H20BrNOS. The predicted molar refractivity (Wildman–Crippen MR) is 89.6 cm³/mol. The number of ether oxygens (including phenoxy) is 1. The Morgan fingerprint density at radius 1 is 1.20 bits per heavy atom. The van der Waals surface area contributed by atoms with Gasteiger partial charge in [-0.05, 0) is 59.1 Å². The Hall–Kier alpha value is -0.840. The van der Waals surface area contributed by atoms with E-state index < -0.39 is 0 Å². The largest absolute Gasteiger partial charge is 0.488 e. The fourth-order valence-corrected chi connectivity index (χ4v) is 3.57. The molecule has 0 atom stereocenters. The highest BCUT2D eigenvalue weighted by Crippen LogP contribution is 2.27. The van der Waals surface area contributed by atoms with Crippen LogP contribution in [0, 0.1) is 13.8 Å². The summed E-state index contributed by atoms with van der Waals surface area (Å²) in [6, 6.07) is 6.51. The molecule has 0 aliphatic heterocycles. The molecule has 0 amide bonds. The van der Waals surface area contributed by atoms with Crippen LogP contribution in [0.5, 0.6) is 5.75 Å². The normalized spacial score (nSPS) is 10.8. The second-order valence-corrected chi connectivity index (χ2v) is 6.77. The summed E-state index contributed by atoms with van der Waals surface area (Å²) >= 11 is 5.18. The van der Waals surface area contributed by atoms with Crippen molar-refractivity contribution in [1.82, 2.24) is 5.32 Å². The van der Waals surface area contributed by atoms with Gasteiger partial charge in [0.25, 0.3) is 0 Å². The molecule has 108 valence electrons. The van der Waals surface area contributed by atoms with E-state index in [0.717, 1.165) is 23.3 Å². The Bertz CT molecular complexity index is 557. The van der Waals surface area contributed by atoms with Crippen molar-refractivity contribution in [1.29, 1.82) is 0 Å². The summed E-state index contributed by atoms with van der Waals surface area (Å²) in [5.41, 5.74) is 3.72. The quantitative estimate of drug-likeness (QED) is 0.803. The number of nitrogens with one attached hydrogen (secondary N) is 1. The Balaban J connectivity index is 2.07. The summed E-state index contributed by atoms with van der Waals surface area (Å²) in [6.07, 6.45) is 0. The highest BCUT2D eigenvalue weighted by molar-refractivity contribution is 9.10. The lowest BCUT2D eigenvalue weighted by Crippen LogP contribution is -2.12. The SMILES string of the molecule is CCNCc1cc(C)c(OCc2cc(Br)cs2)c(C)c1. The van der Waals surface area contributed by atoms with Gasteiger partial charge in [-0.1, -0.05) is 19.1 Å². The van der Waals surface area contributed by atoms with Crippen LogP contribution < -0.4 is 10.1 Å². The van der Waals surface area contributed by atoms with Gasteiger partial charge < -0.3 is 10.1 Å². The molecule has 0 saturated carbocycles. The topological polar surface area (TPSA) is 21.3 Å². The van der Waals surface area contributed by atoms with E-state index >= 15 is 0 Å². The van der Waals surface area contributed by atoms with Crippen LogP contribution in [0.3, 0.4) is 0 Å². The molecule has 0 saturated heterocycles. The highest BCUT2D eigenvalue weighted by atomic mass is 79.9. The molecule has 0 aliphatic carbocycles. The van der Waals surface area contributed by atoms with Crippen LogP contribution in [0.1, 0.15) is 28.5 Å². The summed E-state index contributed by atoms with van der Waals surface area (Å²) < 4.78 is 7.12. The summed E-state index contributed by atoms with van der Waals surface area (Å²) in [4.78, 5) is 1.23. The van der Waals surface area contributed by atoms with E-state index in [4.69, 9.17) is 4.74 Å². The van der Waals surface area contributed by atoms with Crippen LogP contribution in [0.4, 0.5) is 0 Å². The molecule has 2 aromatic rings. The van der Waals surface area contributed by atoms with Gasteiger partial charge in [0.15, 0.2) is 0 Å². The van der Waals surface area contributed by atoms with Gasteiger partial charge in [0.05, 0.1) is 0 Å². The second-order valence-electron chi connectivity index (χ2n) is 4.86. The van der Waals surface area contributed by atoms with E-state index in [2.05, 4.69) is 65.6 Å². The molecule has 0 unspecified atom stereocenters. The van der Waals surface area contributed by atoms with Crippen molar-refractivity contribution in [2.24, 2.45) is 0 Å². The molecule has 1 aromatic carbocycles. The lowest BCUT2D eigenvalue weighted by molar-refractivity contribution is 0.305. The third kappa shape index (κ3) is 4.08. The standard InChI is InChI=1S/C16H20BrNOS/c1-4-18-8-13-5-11(2)16(12(3)6-13)19-9-15-7-14(17)10-20-15/h5-7,10,18H,4,8-9H2,1-3H3. The molecule has 0 radical (unpaired) electrons. The van der Waals surface area contributed by atoms with Gasteiger partial charge in [-0.3, -0.25) is 0 Å². The van der Waals surface area contributed by atoms with Gasteiger partial charge in [0.2, 0.25) is 0 Å². The van der Waals surface area contributed by atoms with Gasteiger partial charge in [-0.2, -0.15) is 0 Å². The summed E-state index contributed by atoms with van der Waals surface area (Å²) in [5, 5.41) is 5.44. The molecule has 1 N–H and O–H groups in total. The summed E-state index contributed by atoms with van der Waals surface area (Å²) in [6.45, 7) is 8.88. The molecule has 4 heteroatoms. The Labute approximate surface area is 133 Å². The van der Waals surface area contributed by atoms with Gasteiger partial charge in [0, 0.05) is 21.3 Å². The van der Waals surface area contributed by atoms with E-state index in [0.29, 0.717) is 6.61 Å². The molecule has 0 aliphatic rings. The zero-order valence-electron chi connectivity index (χ0n) is 12.1. The van der Waals surface area contributed by atoms with Crippen LogP contribution in [-0.2, 0) is 13.2 Å². The van der Waals surface area contributed by atoms with Gasteiger partial charge in [0.1, 0.15) is 12.4 Å². The first-order valence-electron chi connectivity index (χ1n) is 6.76. The summed E-state index contributed by atoms with van der Waals surface area (Å²) in [5.74, 6) is 1.01. The van der Waals surface area contributed by atoms with Gasteiger partial charge >= 0.3 is 0 Å².